The van der Waals surface area contributed by atoms with Crippen LogP contribution in [-0.2, 0) is 13.5 Å². The number of hydrogen-bond donors (Lipinski definition) is 1. The van der Waals surface area contributed by atoms with Crippen LogP contribution in [0.15, 0.2) is 6.07 Å². The van der Waals surface area contributed by atoms with E-state index in [-0.39, 0.29) is 0 Å². The lowest BCUT2D eigenvalue weighted by atomic mass is 9.69. The fraction of sp³-hybridized carbons (Fsp3) is 0.833. The first-order valence-electron chi connectivity index (χ1n) is 8.71. The molecule has 0 aliphatic heterocycles. The van der Waals surface area contributed by atoms with Crippen molar-refractivity contribution in [3.63, 3.8) is 0 Å². The molecule has 0 bridgehead atoms. The van der Waals surface area contributed by atoms with E-state index in [0.29, 0.717) is 0 Å². The van der Waals surface area contributed by atoms with Crippen LogP contribution in [-0.4, -0.2) is 22.9 Å². The van der Waals surface area contributed by atoms with Gasteiger partial charge >= 0.3 is 0 Å². The van der Waals surface area contributed by atoms with E-state index in [4.69, 9.17) is 0 Å². The van der Waals surface area contributed by atoms with E-state index in [1.807, 2.05) is 0 Å². The predicted octanol–water partition coefficient (Wildman–Crippen LogP) is 3.57. The molecule has 1 N–H and O–H groups in total. The molecule has 0 amide bonds. The summed E-state index contributed by atoms with van der Waals surface area (Å²) < 4.78 is 2.08. The van der Waals surface area contributed by atoms with Crippen LogP contribution in [0.5, 0.6) is 0 Å². The Hall–Kier alpha value is -0.830. The van der Waals surface area contributed by atoms with Gasteiger partial charge < -0.3 is 5.32 Å². The molecule has 21 heavy (non-hydrogen) atoms. The lowest BCUT2D eigenvalue weighted by Crippen LogP contribution is -2.35. The Labute approximate surface area is 130 Å². The highest BCUT2D eigenvalue weighted by Crippen LogP contribution is 2.39. The molecule has 1 aliphatic carbocycles. The van der Waals surface area contributed by atoms with Gasteiger partial charge in [-0.1, -0.05) is 20.8 Å². The summed E-state index contributed by atoms with van der Waals surface area (Å²) in [6, 6.07) is 2.27. The quantitative estimate of drug-likeness (QED) is 0.868. The Bertz CT molecular complexity index is 436. The number of hydrogen-bond acceptors (Lipinski definition) is 2. The molecular formula is C18H33N3. The van der Waals surface area contributed by atoms with E-state index < -0.39 is 0 Å². The first kappa shape index (κ1) is 16.5. The van der Waals surface area contributed by atoms with Crippen LogP contribution < -0.4 is 5.32 Å². The van der Waals surface area contributed by atoms with Gasteiger partial charge in [0, 0.05) is 12.7 Å². The third kappa shape index (κ3) is 4.32. The lowest BCUT2D eigenvalue weighted by molar-refractivity contribution is 0.143. The van der Waals surface area contributed by atoms with Crippen molar-refractivity contribution in [1.29, 1.82) is 0 Å². The second kappa shape index (κ2) is 7.44. The number of nitrogens with zero attached hydrogens (tertiary/aromatic N) is 2. The van der Waals surface area contributed by atoms with Crippen molar-refractivity contribution in [1.82, 2.24) is 15.1 Å². The standard InChI is InChI=1S/C18H33N3/c1-6-19-12-16-8-7-15(13(2)3)10-17(16)11-18-9-14(4)20-21(18)5/h9,13,15-17,19H,6-8,10-12H2,1-5H3. The summed E-state index contributed by atoms with van der Waals surface area (Å²) in [7, 11) is 2.09. The topological polar surface area (TPSA) is 29.9 Å². The maximum absolute atomic E-state index is 4.52. The zero-order chi connectivity index (χ0) is 15.4. The van der Waals surface area contributed by atoms with Crippen molar-refractivity contribution in [3.05, 3.63) is 17.5 Å². The second-order valence-electron chi connectivity index (χ2n) is 7.25. The Balaban J connectivity index is 2.06. The van der Waals surface area contributed by atoms with Gasteiger partial charge in [0.2, 0.25) is 0 Å². The van der Waals surface area contributed by atoms with Crippen molar-refractivity contribution in [2.24, 2.45) is 30.7 Å². The van der Waals surface area contributed by atoms with Crippen molar-refractivity contribution >= 4 is 0 Å². The normalized spacial score (nSPS) is 26.5. The Morgan fingerprint density at radius 3 is 2.67 bits per heavy atom. The van der Waals surface area contributed by atoms with Gasteiger partial charge in [0.25, 0.3) is 0 Å². The summed E-state index contributed by atoms with van der Waals surface area (Å²) in [5.74, 6) is 3.36. The summed E-state index contributed by atoms with van der Waals surface area (Å²) in [6.45, 7) is 11.3. The SMILES string of the molecule is CCNCC1CCC(C(C)C)CC1Cc1cc(C)nn1C. The number of aromatic nitrogens is 2. The number of nitrogens with one attached hydrogen (secondary N) is 1. The molecule has 1 aromatic heterocycles. The van der Waals surface area contributed by atoms with Gasteiger partial charge in [-0.3, -0.25) is 4.68 Å². The van der Waals surface area contributed by atoms with Gasteiger partial charge in [0.05, 0.1) is 5.69 Å². The lowest BCUT2D eigenvalue weighted by Gasteiger charge is -2.38. The molecule has 3 nitrogen and oxygen atoms in total. The molecule has 1 saturated carbocycles. The molecule has 1 heterocycles. The van der Waals surface area contributed by atoms with Crippen molar-refractivity contribution < 1.29 is 0 Å². The largest absolute Gasteiger partial charge is 0.317 e. The number of aryl methyl sites for hydroxylation is 2. The van der Waals surface area contributed by atoms with E-state index in [9.17, 15) is 0 Å². The summed E-state index contributed by atoms with van der Waals surface area (Å²) in [4.78, 5) is 0. The molecule has 3 heteroatoms. The summed E-state index contributed by atoms with van der Waals surface area (Å²) in [5, 5.41) is 8.09. The molecule has 0 spiro atoms. The molecule has 3 unspecified atom stereocenters. The van der Waals surface area contributed by atoms with Crippen LogP contribution in [0.1, 0.15) is 51.4 Å². The smallest absolute Gasteiger partial charge is 0.0596 e. The van der Waals surface area contributed by atoms with Gasteiger partial charge in [-0.05, 0) is 75.4 Å². The second-order valence-corrected chi connectivity index (χ2v) is 7.25. The van der Waals surface area contributed by atoms with Crippen molar-refractivity contribution in [2.45, 2.75) is 53.4 Å². The van der Waals surface area contributed by atoms with Crippen LogP contribution in [0.4, 0.5) is 0 Å². The van der Waals surface area contributed by atoms with Gasteiger partial charge in [0.1, 0.15) is 0 Å². The summed E-state index contributed by atoms with van der Waals surface area (Å²) >= 11 is 0. The van der Waals surface area contributed by atoms with Gasteiger partial charge in [-0.25, -0.2) is 0 Å². The Morgan fingerprint density at radius 2 is 2.10 bits per heavy atom. The fourth-order valence-corrected chi connectivity index (χ4v) is 3.94. The third-order valence-corrected chi connectivity index (χ3v) is 5.35. The first-order chi connectivity index (χ1) is 10.0. The molecular weight excluding hydrogens is 258 g/mol. The molecule has 0 saturated heterocycles. The molecule has 3 atom stereocenters. The van der Waals surface area contributed by atoms with Crippen LogP contribution in [0.2, 0.25) is 0 Å². The summed E-state index contributed by atoms with van der Waals surface area (Å²) in [5.41, 5.74) is 2.55. The molecule has 120 valence electrons. The third-order valence-electron chi connectivity index (χ3n) is 5.35. The molecule has 1 aliphatic rings. The van der Waals surface area contributed by atoms with Crippen molar-refractivity contribution in [2.75, 3.05) is 13.1 Å². The van der Waals surface area contributed by atoms with Crippen LogP contribution in [0.25, 0.3) is 0 Å². The van der Waals surface area contributed by atoms with E-state index in [2.05, 4.69) is 55.9 Å². The van der Waals surface area contributed by atoms with Gasteiger partial charge in [-0.2, -0.15) is 5.10 Å². The predicted molar refractivity (Wildman–Crippen MR) is 89.4 cm³/mol. The average molecular weight is 291 g/mol. The highest BCUT2D eigenvalue weighted by atomic mass is 15.3. The maximum atomic E-state index is 4.52. The van der Waals surface area contributed by atoms with Gasteiger partial charge in [0.15, 0.2) is 0 Å². The van der Waals surface area contributed by atoms with Crippen LogP contribution in [0, 0.1) is 30.6 Å². The highest BCUT2D eigenvalue weighted by molar-refractivity contribution is 5.10. The minimum atomic E-state index is 0.806. The molecule has 2 rings (SSSR count). The fourth-order valence-electron chi connectivity index (χ4n) is 3.94. The van der Waals surface area contributed by atoms with E-state index in [1.165, 1.54) is 37.9 Å². The van der Waals surface area contributed by atoms with E-state index in [1.54, 1.807) is 0 Å². The Morgan fingerprint density at radius 1 is 1.33 bits per heavy atom. The monoisotopic (exact) mass is 291 g/mol. The highest BCUT2D eigenvalue weighted by Gasteiger charge is 2.32. The minimum absolute atomic E-state index is 0.806. The van der Waals surface area contributed by atoms with Crippen LogP contribution >= 0.6 is 0 Å². The minimum Gasteiger partial charge on any atom is -0.317 e. The van der Waals surface area contributed by atoms with Crippen LogP contribution in [0.3, 0.4) is 0 Å². The van der Waals surface area contributed by atoms with E-state index in [0.717, 1.165) is 35.9 Å². The number of rotatable bonds is 6. The van der Waals surface area contributed by atoms with E-state index >= 15 is 0 Å². The molecule has 0 radical (unpaired) electrons. The Kier molecular flexibility index (Phi) is 5.86. The first-order valence-corrected chi connectivity index (χ1v) is 8.71. The summed E-state index contributed by atoms with van der Waals surface area (Å²) in [6.07, 6.45) is 5.38. The average Bonchev–Trinajstić information content (AvgIpc) is 2.75. The molecule has 1 aromatic rings. The molecule has 0 aromatic carbocycles. The maximum Gasteiger partial charge on any atom is 0.0596 e. The van der Waals surface area contributed by atoms with Gasteiger partial charge in [-0.15, -0.1) is 0 Å². The molecule has 1 fully saturated rings. The van der Waals surface area contributed by atoms with Crippen molar-refractivity contribution in [3.8, 4) is 0 Å². The zero-order valence-corrected chi connectivity index (χ0v) is 14.5. The zero-order valence-electron chi connectivity index (χ0n) is 14.5.